The van der Waals surface area contributed by atoms with Gasteiger partial charge in [-0.15, -0.1) is 0 Å². The zero-order valence-corrected chi connectivity index (χ0v) is 9.58. The molecule has 0 fully saturated rings. The van der Waals surface area contributed by atoms with Gasteiger partial charge in [0.25, 0.3) is 0 Å². The molecule has 0 saturated heterocycles. The van der Waals surface area contributed by atoms with Crippen molar-refractivity contribution in [2.24, 2.45) is 0 Å². The Bertz CT molecular complexity index is 329. The quantitative estimate of drug-likeness (QED) is 0.769. The molecule has 1 aromatic rings. The number of nitrogens with one attached hydrogen (secondary N) is 1. The van der Waals surface area contributed by atoms with Crippen LogP contribution in [0.2, 0.25) is 0 Å². The molecule has 0 unspecified atom stereocenters. The van der Waals surface area contributed by atoms with E-state index in [0.29, 0.717) is 12.5 Å². The van der Waals surface area contributed by atoms with Gasteiger partial charge in [0.05, 0.1) is 0 Å². The standard InChI is InChI=1S/C12H18N2O/c1-5-9-15-11-8-6-7-10(13-11)14-12(2,3)4/h5-8H,1,9H2,2-4H3,(H,13,14). The third kappa shape index (κ3) is 4.49. The van der Waals surface area contributed by atoms with E-state index in [1.165, 1.54) is 0 Å². The van der Waals surface area contributed by atoms with Crippen LogP contribution in [0.1, 0.15) is 20.8 Å². The second-order valence-electron chi connectivity index (χ2n) is 4.34. The van der Waals surface area contributed by atoms with Gasteiger partial charge in [-0.25, -0.2) is 0 Å². The summed E-state index contributed by atoms with van der Waals surface area (Å²) in [6, 6.07) is 5.67. The Kier molecular flexibility index (Phi) is 3.72. The zero-order chi connectivity index (χ0) is 11.3. The van der Waals surface area contributed by atoms with Crippen molar-refractivity contribution in [3.63, 3.8) is 0 Å². The minimum Gasteiger partial charge on any atom is -0.473 e. The van der Waals surface area contributed by atoms with Gasteiger partial charge in [-0.05, 0) is 26.8 Å². The maximum Gasteiger partial charge on any atom is 0.215 e. The van der Waals surface area contributed by atoms with Crippen molar-refractivity contribution in [2.45, 2.75) is 26.3 Å². The summed E-state index contributed by atoms with van der Waals surface area (Å²) in [5, 5.41) is 3.28. The highest BCUT2D eigenvalue weighted by Gasteiger charge is 2.10. The molecule has 1 heterocycles. The third-order valence-corrected chi connectivity index (χ3v) is 1.58. The molecular formula is C12H18N2O. The highest BCUT2D eigenvalue weighted by atomic mass is 16.5. The van der Waals surface area contributed by atoms with Crippen LogP contribution in [0.15, 0.2) is 30.9 Å². The molecular weight excluding hydrogens is 188 g/mol. The topological polar surface area (TPSA) is 34.1 Å². The molecule has 0 bridgehead atoms. The van der Waals surface area contributed by atoms with E-state index in [1.807, 2.05) is 18.2 Å². The van der Waals surface area contributed by atoms with E-state index in [9.17, 15) is 0 Å². The van der Waals surface area contributed by atoms with Gasteiger partial charge in [0.1, 0.15) is 12.4 Å². The van der Waals surface area contributed by atoms with Gasteiger partial charge in [0.15, 0.2) is 0 Å². The number of anilines is 1. The summed E-state index contributed by atoms with van der Waals surface area (Å²) in [6.45, 7) is 10.3. The van der Waals surface area contributed by atoms with Crippen LogP contribution in [0.3, 0.4) is 0 Å². The Morgan fingerprint density at radius 3 is 2.80 bits per heavy atom. The summed E-state index contributed by atoms with van der Waals surface area (Å²) < 4.78 is 5.34. The SMILES string of the molecule is C=CCOc1cccc(NC(C)(C)C)n1. The minimum atomic E-state index is 0.00403. The zero-order valence-electron chi connectivity index (χ0n) is 9.58. The van der Waals surface area contributed by atoms with Crippen LogP contribution in [0.4, 0.5) is 5.82 Å². The van der Waals surface area contributed by atoms with Gasteiger partial charge in [-0.3, -0.25) is 0 Å². The maximum atomic E-state index is 5.34. The highest BCUT2D eigenvalue weighted by molar-refractivity contribution is 5.39. The van der Waals surface area contributed by atoms with Crippen molar-refractivity contribution in [1.82, 2.24) is 4.98 Å². The molecule has 3 heteroatoms. The average Bonchev–Trinajstić information content (AvgIpc) is 2.12. The molecule has 0 aliphatic carbocycles. The third-order valence-electron chi connectivity index (χ3n) is 1.58. The molecule has 3 nitrogen and oxygen atoms in total. The molecule has 0 amide bonds. The number of rotatable bonds is 4. The van der Waals surface area contributed by atoms with Crippen LogP contribution in [0.25, 0.3) is 0 Å². The first kappa shape index (κ1) is 11.6. The first-order valence-corrected chi connectivity index (χ1v) is 5.00. The van der Waals surface area contributed by atoms with E-state index in [-0.39, 0.29) is 5.54 Å². The molecule has 0 saturated carbocycles. The van der Waals surface area contributed by atoms with E-state index in [2.05, 4.69) is 37.7 Å². The van der Waals surface area contributed by atoms with Gasteiger partial charge >= 0.3 is 0 Å². The normalized spacial score (nSPS) is 10.9. The van der Waals surface area contributed by atoms with E-state index in [1.54, 1.807) is 6.08 Å². The monoisotopic (exact) mass is 206 g/mol. The molecule has 0 radical (unpaired) electrons. The van der Waals surface area contributed by atoms with Crippen LogP contribution in [0.5, 0.6) is 5.88 Å². The number of aromatic nitrogens is 1. The number of pyridine rings is 1. The lowest BCUT2D eigenvalue weighted by Crippen LogP contribution is -2.26. The number of nitrogens with zero attached hydrogens (tertiary/aromatic N) is 1. The molecule has 1 N–H and O–H groups in total. The van der Waals surface area contributed by atoms with Crippen molar-refractivity contribution in [3.05, 3.63) is 30.9 Å². The van der Waals surface area contributed by atoms with Gasteiger partial charge < -0.3 is 10.1 Å². The fourth-order valence-corrected chi connectivity index (χ4v) is 1.09. The first-order valence-electron chi connectivity index (χ1n) is 5.00. The lowest BCUT2D eigenvalue weighted by molar-refractivity contribution is 0.349. The first-order chi connectivity index (χ1) is 7.01. The second kappa shape index (κ2) is 4.82. The largest absolute Gasteiger partial charge is 0.473 e. The Morgan fingerprint density at radius 2 is 2.20 bits per heavy atom. The summed E-state index contributed by atoms with van der Waals surface area (Å²) in [4.78, 5) is 4.31. The summed E-state index contributed by atoms with van der Waals surface area (Å²) in [6.07, 6.45) is 1.70. The Morgan fingerprint density at radius 1 is 1.47 bits per heavy atom. The fraction of sp³-hybridized carbons (Fsp3) is 0.417. The summed E-state index contributed by atoms with van der Waals surface area (Å²) in [5.41, 5.74) is 0.00403. The van der Waals surface area contributed by atoms with Crippen LogP contribution >= 0.6 is 0 Å². The van der Waals surface area contributed by atoms with Gasteiger partial charge in [-0.2, -0.15) is 4.98 Å². The minimum absolute atomic E-state index is 0.00403. The molecule has 15 heavy (non-hydrogen) atoms. The molecule has 1 aromatic heterocycles. The van der Waals surface area contributed by atoms with Gasteiger partial charge in [0, 0.05) is 11.6 Å². The summed E-state index contributed by atoms with van der Waals surface area (Å²) in [5.74, 6) is 1.44. The number of ether oxygens (including phenoxy) is 1. The average molecular weight is 206 g/mol. The lowest BCUT2D eigenvalue weighted by Gasteiger charge is -2.21. The van der Waals surface area contributed by atoms with E-state index in [0.717, 1.165) is 5.82 Å². The van der Waals surface area contributed by atoms with Crippen molar-refractivity contribution in [3.8, 4) is 5.88 Å². The highest BCUT2D eigenvalue weighted by Crippen LogP contribution is 2.15. The molecule has 1 rings (SSSR count). The van der Waals surface area contributed by atoms with Crippen molar-refractivity contribution in [1.29, 1.82) is 0 Å². The molecule has 82 valence electrons. The molecule has 0 aliphatic heterocycles. The molecule has 0 aliphatic rings. The lowest BCUT2D eigenvalue weighted by atomic mass is 10.1. The molecule has 0 atom stereocenters. The molecule has 0 spiro atoms. The van der Waals surface area contributed by atoms with E-state index < -0.39 is 0 Å². The Hall–Kier alpha value is -1.51. The predicted octanol–water partition coefficient (Wildman–Crippen LogP) is 2.86. The van der Waals surface area contributed by atoms with Gasteiger partial charge in [-0.1, -0.05) is 18.7 Å². The van der Waals surface area contributed by atoms with E-state index >= 15 is 0 Å². The van der Waals surface area contributed by atoms with Crippen molar-refractivity contribution in [2.75, 3.05) is 11.9 Å². The van der Waals surface area contributed by atoms with Crippen LogP contribution in [-0.4, -0.2) is 17.1 Å². The fourth-order valence-electron chi connectivity index (χ4n) is 1.09. The van der Waals surface area contributed by atoms with Crippen molar-refractivity contribution >= 4 is 5.82 Å². The smallest absolute Gasteiger partial charge is 0.215 e. The van der Waals surface area contributed by atoms with Crippen LogP contribution in [-0.2, 0) is 0 Å². The number of hydrogen-bond donors (Lipinski definition) is 1. The second-order valence-corrected chi connectivity index (χ2v) is 4.34. The Balaban J connectivity index is 2.69. The predicted molar refractivity (Wildman–Crippen MR) is 63.3 cm³/mol. The van der Waals surface area contributed by atoms with E-state index in [4.69, 9.17) is 4.74 Å². The summed E-state index contributed by atoms with van der Waals surface area (Å²) >= 11 is 0. The Labute approximate surface area is 91.2 Å². The number of hydrogen-bond acceptors (Lipinski definition) is 3. The van der Waals surface area contributed by atoms with Crippen molar-refractivity contribution < 1.29 is 4.74 Å². The van der Waals surface area contributed by atoms with Crippen LogP contribution < -0.4 is 10.1 Å². The molecule has 0 aromatic carbocycles. The summed E-state index contributed by atoms with van der Waals surface area (Å²) in [7, 11) is 0. The van der Waals surface area contributed by atoms with Gasteiger partial charge in [0.2, 0.25) is 5.88 Å². The maximum absolute atomic E-state index is 5.34. The van der Waals surface area contributed by atoms with Crippen LogP contribution in [0, 0.1) is 0 Å².